The van der Waals surface area contributed by atoms with Crippen molar-refractivity contribution in [3.05, 3.63) is 60.2 Å². The Bertz CT molecular complexity index is 834. The van der Waals surface area contributed by atoms with Crippen LogP contribution in [0.1, 0.15) is 12.0 Å². The number of methoxy groups -OCH3 is 1. The van der Waals surface area contributed by atoms with E-state index in [1.165, 1.54) is 5.01 Å². The SMILES string of the molecule is COc1ccc(CCNC(=O)C2=NN(c3ccccc3)C(C(N)=O)C2)cc1. The van der Waals surface area contributed by atoms with E-state index < -0.39 is 11.9 Å². The molecule has 0 radical (unpaired) electrons. The Kier molecular flexibility index (Phi) is 5.71. The lowest BCUT2D eigenvalue weighted by molar-refractivity contribution is -0.119. The predicted octanol–water partition coefficient (Wildman–Crippen LogP) is 1.47. The van der Waals surface area contributed by atoms with E-state index in [2.05, 4.69) is 10.4 Å². The summed E-state index contributed by atoms with van der Waals surface area (Å²) in [6.07, 6.45) is 0.878. The average Bonchev–Trinajstić information content (AvgIpc) is 3.15. The minimum Gasteiger partial charge on any atom is -0.497 e. The fourth-order valence-corrected chi connectivity index (χ4v) is 2.90. The van der Waals surface area contributed by atoms with Crippen LogP contribution in [-0.4, -0.2) is 37.2 Å². The van der Waals surface area contributed by atoms with Crippen LogP contribution < -0.4 is 20.8 Å². The van der Waals surface area contributed by atoms with Crippen LogP contribution in [0.25, 0.3) is 0 Å². The van der Waals surface area contributed by atoms with Gasteiger partial charge >= 0.3 is 0 Å². The summed E-state index contributed by atoms with van der Waals surface area (Å²) in [6, 6.07) is 16.2. The van der Waals surface area contributed by atoms with Crippen molar-refractivity contribution in [1.29, 1.82) is 0 Å². The third kappa shape index (κ3) is 4.44. The fourth-order valence-electron chi connectivity index (χ4n) is 2.90. The maximum absolute atomic E-state index is 12.4. The first-order chi connectivity index (χ1) is 13.1. The van der Waals surface area contributed by atoms with Crippen LogP contribution in [0.5, 0.6) is 5.75 Å². The summed E-state index contributed by atoms with van der Waals surface area (Å²) in [6.45, 7) is 0.469. The molecule has 0 saturated carbocycles. The van der Waals surface area contributed by atoms with Gasteiger partial charge in [0.15, 0.2) is 0 Å². The molecule has 27 heavy (non-hydrogen) atoms. The van der Waals surface area contributed by atoms with E-state index in [4.69, 9.17) is 10.5 Å². The number of anilines is 1. The molecule has 1 aliphatic heterocycles. The van der Waals surface area contributed by atoms with Crippen molar-refractivity contribution in [2.24, 2.45) is 10.8 Å². The average molecular weight is 366 g/mol. The number of nitrogens with zero attached hydrogens (tertiary/aromatic N) is 2. The maximum atomic E-state index is 12.4. The molecule has 0 bridgehead atoms. The topological polar surface area (TPSA) is 97.0 Å². The Morgan fingerprint density at radius 3 is 2.52 bits per heavy atom. The number of carbonyl (C=O) groups excluding carboxylic acids is 2. The minimum atomic E-state index is -0.658. The van der Waals surface area contributed by atoms with Gasteiger partial charge in [0.25, 0.3) is 5.91 Å². The van der Waals surface area contributed by atoms with E-state index in [1.807, 2.05) is 54.6 Å². The quantitative estimate of drug-likeness (QED) is 0.775. The van der Waals surface area contributed by atoms with Crippen molar-refractivity contribution in [3.63, 3.8) is 0 Å². The molecule has 1 unspecified atom stereocenters. The van der Waals surface area contributed by atoms with E-state index in [0.29, 0.717) is 18.7 Å². The summed E-state index contributed by atoms with van der Waals surface area (Å²) in [4.78, 5) is 24.2. The molecule has 1 aliphatic rings. The summed E-state index contributed by atoms with van der Waals surface area (Å²) >= 11 is 0. The standard InChI is InChI=1S/C20H22N4O3/c1-27-16-9-7-14(8-10-16)11-12-22-20(26)17-13-18(19(21)25)24(23-17)15-5-3-2-4-6-15/h2-10,18H,11-13H2,1H3,(H2,21,25)(H,22,26). The number of rotatable bonds is 7. The van der Waals surface area contributed by atoms with Crippen molar-refractivity contribution in [1.82, 2.24) is 5.32 Å². The number of ether oxygens (including phenoxy) is 1. The van der Waals surface area contributed by atoms with Gasteiger partial charge in [0.1, 0.15) is 17.5 Å². The molecule has 0 saturated heterocycles. The van der Waals surface area contributed by atoms with Crippen LogP contribution in [0.4, 0.5) is 5.69 Å². The molecule has 0 fully saturated rings. The number of amides is 2. The number of primary amides is 1. The smallest absolute Gasteiger partial charge is 0.267 e. The highest BCUT2D eigenvalue weighted by Gasteiger charge is 2.34. The third-order valence-corrected chi connectivity index (χ3v) is 4.38. The molecule has 1 heterocycles. The van der Waals surface area contributed by atoms with Gasteiger partial charge in [0.2, 0.25) is 5.91 Å². The first-order valence-corrected chi connectivity index (χ1v) is 8.70. The van der Waals surface area contributed by atoms with Gasteiger partial charge in [-0.2, -0.15) is 5.10 Å². The van der Waals surface area contributed by atoms with E-state index in [9.17, 15) is 9.59 Å². The lowest BCUT2D eigenvalue weighted by atomic mass is 10.1. The molecule has 3 rings (SSSR count). The molecule has 0 spiro atoms. The molecule has 7 nitrogen and oxygen atoms in total. The summed E-state index contributed by atoms with van der Waals surface area (Å²) in [5, 5.41) is 8.70. The monoisotopic (exact) mass is 366 g/mol. The van der Waals surface area contributed by atoms with Crippen molar-refractivity contribution < 1.29 is 14.3 Å². The highest BCUT2D eigenvalue weighted by molar-refractivity contribution is 6.40. The van der Waals surface area contributed by atoms with Gasteiger partial charge in [-0.3, -0.25) is 14.6 Å². The Morgan fingerprint density at radius 1 is 1.19 bits per heavy atom. The van der Waals surface area contributed by atoms with Crippen molar-refractivity contribution >= 4 is 23.2 Å². The van der Waals surface area contributed by atoms with Gasteiger partial charge in [-0.05, 0) is 36.2 Å². The van der Waals surface area contributed by atoms with Gasteiger partial charge in [-0.25, -0.2) is 0 Å². The van der Waals surface area contributed by atoms with E-state index in [0.717, 1.165) is 17.0 Å². The Hall–Kier alpha value is -3.35. The number of para-hydroxylation sites is 1. The second kappa shape index (κ2) is 8.35. The van der Waals surface area contributed by atoms with Gasteiger partial charge in [-0.15, -0.1) is 0 Å². The summed E-state index contributed by atoms with van der Waals surface area (Å²) in [7, 11) is 1.62. The van der Waals surface area contributed by atoms with Gasteiger partial charge in [0.05, 0.1) is 12.8 Å². The van der Waals surface area contributed by atoms with E-state index in [-0.39, 0.29) is 12.3 Å². The summed E-state index contributed by atoms with van der Waals surface area (Å²) in [5.41, 5.74) is 7.61. The number of hydrogen-bond donors (Lipinski definition) is 2. The van der Waals surface area contributed by atoms with Crippen LogP contribution in [0.15, 0.2) is 59.7 Å². The number of nitrogens with two attached hydrogens (primary N) is 1. The fraction of sp³-hybridized carbons (Fsp3) is 0.250. The zero-order valence-corrected chi connectivity index (χ0v) is 15.1. The van der Waals surface area contributed by atoms with E-state index in [1.54, 1.807) is 7.11 Å². The first-order valence-electron chi connectivity index (χ1n) is 8.70. The Balaban J connectivity index is 1.61. The predicted molar refractivity (Wildman–Crippen MR) is 104 cm³/mol. The maximum Gasteiger partial charge on any atom is 0.267 e. The zero-order valence-electron chi connectivity index (χ0n) is 15.1. The molecule has 2 aromatic rings. The summed E-state index contributed by atoms with van der Waals surface area (Å²) in [5.74, 6) is -0.00146. The molecule has 140 valence electrons. The Morgan fingerprint density at radius 2 is 1.89 bits per heavy atom. The molecule has 3 N–H and O–H groups in total. The summed E-state index contributed by atoms with van der Waals surface area (Å²) < 4.78 is 5.13. The van der Waals surface area contributed by atoms with Crippen molar-refractivity contribution in [2.45, 2.75) is 18.9 Å². The number of nitrogens with one attached hydrogen (secondary N) is 1. The molecular formula is C20H22N4O3. The van der Waals surface area contributed by atoms with Gasteiger partial charge in [0, 0.05) is 13.0 Å². The molecule has 7 heteroatoms. The zero-order chi connectivity index (χ0) is 19.2. The van der Waals surface area contributed by atoms with Crippen LogP contribution in [-0.2, 0) is 16.0 Å². The normalized spacial score (nSPS) is 16.0. The Labute approximate surface area is 157 Å². The van der Waals surface area contributed by atoms with Crippen molar-refractivity contribution in [3.8, 4) is 5.75 Å². The molecule has 0 aromatic heterocycles. The lowest BCUT2D eigenvalue weighted by Gasteiger charge is -2.20. The highest BCUT2D eigenvalue weighted by atomic mass is 16.5. The molecular weight excluding hydrogens is 344 g/mol. The van der Waals surface area contributed by atoms with Crippen LogP contribution in [0, 0.1) is 0 Å². The second-order valence-corrected chi connectivity index (χ2v) is 6.20. The van der Waals surface area contributed by atoms with Crippen LogP contribution in [0.2, 0.25) is 0 Å². The molecule has 2 amide bonds. The molecule has 1 atom stereocenters. The number of benzene rings is 2. The second-order valence-electron chi connectivity index (χ2n) is 6.20. The number of hydrogen-bond acceptors (Lipinski definition) is 5. The largest absolute Gasteiger partial charge is 0.497 e. The first kappa shape index (κ1) is 18.4. The van der Waals surface area contributed by atoms with Gasteiger partial charge < -0.3 is 15.8 Å². The van der Waals surface area contributed by atoms with E-state index >= 15 is 0 Å². The number of hydrazone groups is 1. The highest BCUT2D eigenvalue weighted by Crippen LogP contribution is 2.24. The number of carbonyl (C=O) groups is 2. The van der Waals surface area contributed by atoms with Gasteiger partial charge in [-0.1, -0.05) is 30.3 Å². The minimum absolute atomic E-state index is 0.193. The van der Waals surface area contributed by atoms with Crippen LogP contribution in [0.3, 0.4) is 0 Å². The molecule has 0 aliphatic carbocycles. The lowest BCUT2D eigenvalue weighted by Crippen LogP contribution is -2.40. The third-order valence-electron chi connectivity index (χ3n) is 4.38. The molecule has 2 aromatic carbocycles. The van der Waals surface area contributed by atoms with Crippen molar-refractivity contribution in [2.75, 3.05) is 18.7 Å². The van der Waals surface area contributed by atoms with Crippen LogP contribution >= 0.6 is 0 Å².